The molecule has 0 unspecified atom stereocenters. The van der Waals surface area contributed by atoms with Gasteiger partial charge < -0.3 is 10.6 Å². The minimum Gasteiger partial charge on any atom is -0.322 e. The van der Waals surface area contributed by atoms with Crippen molar-refractivity contribution in [3.8, 4) is 0 Å². The van der Waals surface area contributed by atoms with Crippen molar-refractivity contribution in [3.05, 3.63) is 127 Å². The highest BCUT2D eigenvalue weighted by Crippen LogP contribution is 2.24. The molecule has 0 radical (unpaired) electrons. The fourth-order valence-corrected chi connectivity index (χ4v) is 5.14. The summed E-state index contributed by atoms with van der Waals surface area (Å²) in [4.78, 5) is 50.0. The Morgan fingerprint density at radius 1 is 0.562 bits per heavy atom. The number of halogens is 4. The molecule has 0 aliphatic carbocycles. The average Bonchev–Trinajstić information content (AvgIpc) is 3.05. The maximum atomic E-state index is 12.6. The summed E-state index contributed by atoms with van der Waals surface area (Å²) in [6, 6.07) is 23.0. The fourth-order valence-electron chi connectivity index (χ4n) is 4.15. The summed E-state index contributed by atoms with van der Waals surface area (Å²) in [7, 11) is 0. The first-order valence-electron chi connectivity index (χ1n) is 14.3. The van der Waals surface area contributed by atoms with Gasteiger partial charge in [0.1, 0.15) is 0 Å². The molecular weight excluding hydrogens is 698 g/mol. The highest BCUT2D eigenvalue weighted by atomic mass is 35.5. The van der Waals surface area contributed by atoms with Gasteiger partial charge in [-0.05, 0) is 85.6 Å². The summed E-state index contributed by atoms with van der Waals surface area (Å²) in [5.41, 5.74) is 8.64. The van der Waals surface area contributed by atoms with E-state index in [0.29, 0.717) is 44.0 Å². The average molecular weight is 726 g/mol. The highest BCUT2D eigenvalue weighted by molar-refractivity contribution is 6.38. The molecule has 0 aliphatic rings. The van der Waals surface area contributed by atoms with Crippen LogP contribution in [0.3, 0.4) is 0 Å². The number of nitrogens with one attached hydrogen (secondary N) is 4. The van der Waals surface area contributed by atoms with Crippen molar-refractivity contribution in [2.45, 2.75) is 26.7 Å². The van der Waals surface area contributed by atoms with Crippen LogP contribution < -0.4 is 21.5 Å². The Morgan fingerprint density at radius 3 is 1.33 bits per heavy atom. The number of amides is 4. The molecular formula is C34H28Cl4N6O4. The van der Waals surface area contributed by atoms with E-state index in [9.17, 15) is 19.2 Å². The molecule has 0 spiro atoms. The van der Waals surface area contributed by atoms with Crippen molar-refractivity contribution in [1.29, 1.82) is 0 Å². The Bertz CT molecular complexity index is 1810. The number of carbonyl (C=O) groups excluding carboxylic acids is 4. The van der Waals surface area contributed by atoms with E-state index in [-0.39, 0.29) is 34.0 Å². The van der Waals surface area contributed by atoms with Gasteiger partial charge in [-0.25, -0.2) is 10.9 Å². The number of benzene rings is 4. The Balaban J connectivity index is 1.25. The number of carbonyl (C=O) groups is 4. The summed E-state index contributed by atoms with van der Waals surface area (Å²) >= 11 is 24.1. The van der Waals surface area contributed by atoms with Crippen molar-refractivity contribution < 1.29 is 19.2 Å². The van der Waals surface area contributed by atoms with E-state index in [1.165, 1.54) is 24.3 Å². The Morgan fingerprint density at radius 2 is 0.958 bits per heavy atom. The second-order valence-corrected chi connectivity index (χ2v) is 12.0. The van der Waals surface area contributed by atoms with Crippen molar-refractivity contribution in [2.75, 3.05) is 10.6 Å². The first-order valence-corrected chi connectivity index (χ1v) is 15.8. The van der Waals surface area contributed by atoms with Gasteiger partial charge in [0, 0.05) is 34.3 Å². The van der Waals surface area contributed by atoms with Gasteiger partial charge >= 0.3 is 0 Å². The van der Waals surface area contributed by atoms with Gasteiger partial charge in [0.15, 0.2) is 0 Å². The maximum absolute atomic E-state index is 12.6. The summed E-state index contributed by atoms with van der Waals surface area (Å²) in [6.45, 7) is 3.38. The number of hydrogen-bond acceptors (Lipinski definition) is 6. The van der Waals surface area contributed by atoms with Crippen LogP contribution in [0.1, 0.15) is 58.5 Å². The second-order valence-electron chi connectivity index (χ2n) is 10.3. The van der Waals surface area contributed by atoms with E-state index in [1.807, 2.05) is 0 Å². The molecule has 0 aliphatic heterocycles. The van der Waals surface area contributed by atoms with Gasteiger partial charge in [0.25, 0.3) is 11.8 Å². The third-order valence-corrected chi connectivity index (χ3v) is 7.80. The third-order valence-electron chi connectivity index (χ3n) is 6.70. The van der Waals surface area contributed by atoms with Crippen LogP contribution in [-0.2, 0) is 9.59 Å². The van der Waals surface area contributed by atoms with Crippen molar-refractivity contribution in [3.63, 3.8) is 0 Å². The standard InChI is InChI=1S/C34H28Cl4N6O4/c1-19(21-5-3-7-25(15-21)39-33(47)27-11-9-23(35)17-29(27)37)41-43-31(45)13-14-32(46)44-42-20(2)22-6-4-8-26(16-22)40-34(48)28-12-10-24(36)18-30(28)38/h3-12,15-18H,13-14H2,1-2H3,(H,39,47)(H,40,48)(H,43,45)(H,44,46)/b41-19-,42-20-. The summed E-state index contributed by atoms with van der Waals surface area (Å²) in [5, 5.41) is 15.1. The number of nitrogens with zero attached hydrogens (tertiary/aromatic N) is 2. The fraction of sp³-hybridized carbons (Fsp3) is 0.118. The monoisotopic (exact) mass is 724 g/mol. The third kappa shape index (κ3) is 10.4. The van der Waals surface area contributed by atoms with Crippen molar-refractivity contribution in [1.82, 2.24) is 10.9 Å². The molecule has 14 heteroatoms. The van der Waals surface area contributed by atoms with Crippen LogP contribution >= 0.6 is 46.4 Å². The zero-order valence-corrected chi connectivity index (χ0v) is 28.6. The molecule has 4 aromatic rings. The van der Waals surface area contributed by atoms with Crippen LogP contribution in [-0.4, -0.2) is 35.1 Å². The van der Waals surface area contributed by atoms with Gasteiger partial charge in [-0.2, -0.15) is 10.2 Å². The van der Waals surface area contributed by atoms with Crippen LogP contribution in [0.4, 0.5) is 11.4 Å². The Kier molecular flexibility index (Phi) is 12.7. The van der Waals surface area contributed by atoms with E-state index in [1.54, 1.807) is 74.5 Å². The molecule has 4 rings (SSSR count). The van der Waals surface area contributed by atoms with Crippen LogP contribution in [0, 0.1) is 0 Å². The van der Waals surface area contributed by atoms with Gasteiger partial charge in [-0.15, -0.1) is 0 Å². The van der Waals surface area contributed by atoms with Crippen molar-refractivity contribution >= 4 is 92.8 Å². The van der Waals surface area contributed by atoms with Crippen LogP contribution in [0.5, 0.6) is 0 Å². The minimum absolute atomic E-state index is 0.135. The van der Waals surface area contributed by atoms with Crippen molar-refractivity contribution in [2.24, 2.45) is 10.2 Å². The summed E-state index contributed by atoms with van der Waals surface area (Å²) in [6.07, 6.45) is -0.270. The molecule has 0 aromatic heterocycles. The zero-order chi connectivity index (χ0) is 34.8. The summed E-state index contributed by atoms with van der Waals surface area (Å²) in [5.74, 6) is -1.77. The molecule has 4 aromatic carbocycles. The molecule has 0 atom stereocenters. The highest BCUT2D eigenvalue weighted by Gasteiger charge is 2.14. The van der Waals surface area contributed by atoms with Gasteiger partial charge in [-0.3, -0.25) is 19.2 Å². The molecule has 246 valence electrons. The lowest BCUT2D eigenvalue weighted by Crippen LogP contribution is -2.24. The van der Waals surface area contributed by atoms with Crippen LogP contribution in [0.2, 0.25) is 20.1 Å². The Labute approximate surface area is 296 Å². The topological polar surface area (TPSA) is 141 Å². The molecule has 4 N–H and O–H groups in total. The maximum Gasteiger partial charge on any atom is 0.257 e. The quantitative estimate of drug-likeness (QED) is 0.0920. The van der Waals surface area contributed by atoms with E-state index >= 15 is 0 Å². The lowest BCUT2D eigenvalue weighted by atomic mass is 10.1. The molecule has 4 amide bonds. The SMILES string of the molecule is C/C(=N/NC(=O)CCC(=O)N/N=C(/C)c1cccc(NC(=O)c2ccc(Cl)cc2Cl)c1)c1cccc(NC(=O)c2ccc(Cl)cc2Cl)c1. The van der Waals surface area contributed by atoms with E-state index in [2.05, 4.69) is 31.7 Å². The predicted molar refractivity (Wildman–Crippen MR) is 192 cm³/mol. The first-order chi connectivity index (χ1) is 22.9. The molecule has 0 bridgehead atoms. The zero-order valence-electron chi connectivity index (χ0n) is 25.5. The van der Waals surface area contributed by atoms with Gasteiger partial charge in [-0.1, -0.05) is 70.7 Å². The van der Waals surface area contributed by atoms with Crippen LogP contribution in [0.15, 0.2) is 95.1 Å². The predicted octanol–water partition coefficient (Wildman–Crippen LogP) is 7.97. The normalized spacial score (nSPS) is 11.5. The molecule has 0 fully saturated rings. The largest absolute Gasteiger partial charge is 0.322 e. The van der Waals surface area contributed by atoms with E-state index in [0.717, 1.165) is 0 Å². The number of hydrazone groups is 2. The van der Waals surface area contributed by atoms with Crippen LogP contribution in [0.25, 0.3) is 0 Å². The molecule has 0 heterocycles. The van der Waals surface area contributed by atoms with E-state index in [4.69, 9.17) is 46.4 Å². The number of hydrogen-bond donors (Lipinski definition) is 4. The smallest absolute Gasteiger partial charge is 0.257 e. The summed E-state index contributed by atoms with van der Waals surface area (Å²) < 4.78 is 0. The lowest BCUT2D eigenvalue weighted by molar-refractivity contribution is -0.126. The van der Waals surface area contributed by atoms with E-state index < -0.39 is 23.6 Å². The first kappa shape index (κ1) is 36.1. The number of anilines is 2. The molecule has 0 saturated heterocycles. The molecule has 0 saturated carbocycles. The minimum atomic E-state index is -0.476. The number of rotatable bonds is 11. The van der Waals surface area contributed by atoms with Gasteiger partial charge in [0.05, 0.1) is 32.6 Å². The second kappa shape index (κ2) is 16.9. The lowest BCUT2D eigenvalue weighted by Gasteiger charge is -2.09. The molecule has 48 heavy (non-hydrogen) atoms. The van der Waals surface area contributed by atoms with Gasteiger partial charge in [0.2, 0.25) is 11.8 Å². The molecule has 10 nitrogen and oxygen atoms in total. The Hall–Kier alpha value is -4.74.